The van der Waals surface area contributed by atoms with Crippen LogP contribution in [0.25, 0.3) is 0 Å². The maximum absolute atomic E-state index is 11.8. The molecule has 0 aromatic rings. The molecule has 0 saturated carbocycles. The lowest BCUT2D eigenvalue weighted by atomic mass is 10.0. The third-order valence-corrected chi connectivity index (χ3v) is 2.68. The standard InChI is InChI=1S/C11H20F3NO3/c1-4-15(10(2,3)9(16)17)6-5-7-18-8-11(12,13)14/h4-8H2,1-3H3,(H,16,17). The Hall–Kier alpha value is -0.820. The van der Waals surface area contributed by atoms with E-state index in [4.69, 9.17) is 5.11 Å². The number of alkyl halides is 3. The van der Waals surface area contributed by atoms with Crippen molar-refractivity contribution in [2.75, 3.05) is 26.3 Å². The van der Waals surface area contributed by atoms with Gasteiger partial charge in [-0.2, -0.15) is 13.2 Å². The van der Waals surface area contributed by atoms with E-state index in [1.807, 2.05) is 0 Å². The Balaban J connectivity index is 4.00. The molecule has 0 fully saturated rings. The van der Waals surface area contributed by atoms with Crippen molar-refractivity contribution in [1.82, 2.24) is 4.90 Å². The average Bonchev–Trinajstić information content (AvgIpc) is 2.21. The summed E-state index contributed by atoms with van der Waals surface area (Å²) in [6.45, 7) is 4.53. The first-order valence-corrected chi connectivity index (χ1v) is 5.74. The first-order chi connectivity index (χ1) is 8.11. The summed E-state index contributed by atoms with van der Waals surface area (Å²) in [6.07, 6.45) is -3.95. The molecule has 0 aliphatic rings. The zero-order valence-electron chi connectivity index (χ0n) is 10.9. The van der Waals surface area contributed by atoms with Crippen LogP contribution >= 0.6 is 0 Å². The number of aliphatic carboxylic acids is 1. The van der Waals surface area contributed by atoms with Crippen LogP contribution in [0.5, 0.6) is 0 Å². The number of halogens is 3. The second-order valence-corrected chi connectivity index (χ2v) is 4.47. The molecule has 0 aromatic carbocycles. The van der Waals surface area contributed by atoms with Crippen molar-refractivity contribution in [3.63, 3.8) is 0 Å². The summed E-state index contributed by atoms with van der Waals surface area (Å²) in [5.41, 5.74) is -1.03. The van der Waals surface area contributed by atoms with Crippen molar-refractivity contribution >= 4 is 5.97 Å². The van der Waals surface area contributed by atoms with E-state index < -0.39 is 24.3 Å². The molecule has 1 N–H and O–H groups in total. The van der Waals surface area contributed by atoms with Gasteiger partial charge in [-0.1, -0.05) is 6.92 Å². The van der Waals surface area contributed by atoms with Gasteiger partial charge in [-0.25, -0.2) is 0 Å². The fourth-order valence-electron chi connectivity index (χ4n) is 1.51. The van der Waals surface area contributed by atoms with Crippen LogP contribution in [0.3, 0.4) is 0 Å². The molecule has 0 unspecified atom stereocenters. The predicted molar refractivity (Wildman–Crippen MR) is 60.5 cm³/mol. The predicted octanol–water partition coefficient (Wildman–Crippen LogP) is 2.14. The summed E-state index contributed by atoms with van der Waals surface area (Å²) in [6, 6.07) is 0. The van der Waals surface area contributed by atoms with Crippen molar-refractivity contribution < 1.29 is 27.8 Å². The maximum atomic E-state index is 11.8. The quantitative estimate of drug-likeness (QED) is 0.687. The van der Waals surface area contributed by atoms with Crippen LogP contribution in [-0.4, -0.2) is 54.0 Å². The van der Waals surface area contributed by atoms with Gasteiger partial charge in [0.05, 0.1) is 0 Å². The summed E-state index contributed by atoms with van der Waals surface area (Å²) < 4.78 is 39.8. The molecule has 7 heteroatoms. The molecule has 0 spiro atoms. The minimum absolute atomic E-state index is 0.0360. The van der Waals surface area contributed by atoms with Gasteiger partial charge < -0.3 is 9.84 Å². The molecule has 0 aliphatic carbocycles. The van der Waals surface area contributed by atoms with Crippen LogP contribution in [0.2, 0.25) is 0 Å². The van der Waals surface area contributed by atoms with Crippen LogP contribution in [0.1, 0.15) is 27.2 Å². The van der Waals surface area contributed by atoms with E-state index in [0.29, 0.717) is 19.5 Å². The minimum atomic E-state index is -4.31. The van der Waals surface area contributed by atoms with Crippen LogP contribution in [-0.2, 0) is 9.53 Å². The zero-order valence-corrected chi connectivity index (χ0v) is 10.9. The van der Waals surface area contributed by atoms with Gasteiger partial charge in [0.15, 0.2) is 0 Å². The molecule has 0 heterocycles. The SMILES string of the molecule is CCN(CCCOCC(F)(F)F)C(C)(C)C(=O)O. The van der Waals surface area contributed by atoms with E-state index in [0.717, 1.165) is 0 Å². The summed E-state index contributed by atoms with van der Waals surface area (Å²) >= 11 is 0. The van der Waals surface area contributed by atoms with Crippen molar-refractivity contribution in [2.45, 2.75) is 38.9 Å². The normalized spacial score (nSPS) is 13.1. The molecule has 0 atom stereocenters. The molecule has 108 valence electrons. The number of ether oxygens (including phenoxy) is 1. The number of nitrogens with zero attached hydrogens (tertiary/aromatic N) is 1. The van der Waals surface area contributed by atoms with Gasteiger partial charge in [-0.15, -0.1) is 0 Å². The van der Waals surface area contributed by atoms with Crippen LogP contribution in [0.15, 0.2) is 0 Å². The van der Waals surface area contributed by atoms with Gasteiger partial charge in [0.25, 0.3) is 0 Å². The van der Waals surface area contributed by atoms with E-state index in [2.05, 4.69) is 4.74 Å². The van der Waals surface area contributed by atoms with Gasteiger partial charge in [0.1, 0.15) is 12.1 Å². The van der Waals surface area contributed by atoms with Gasteiger partial charge in [0.2, 0.25) is 0 Å². The third kappa shape index (κ3) is 6.20. The molecule has 0 rings (SSSR count). The fourth-order valence-corrected chi connectivity index (χ4v) is 1.51. The molecule has 0 aromatic heterocycles. The van der Waals surface area contributed by atoms with Crippen molar-refractivity contribution in [2.24, 2.45) is 0 Å². The van der Waals surface area contributed by atoms with E-state index in [1.165, 1.54) is 0 Å². The Morgan fingerprint density at radius 1 is 1.33 bits per heavy atom. The Bertz CT molecular complexity index is 267. The zero-order chi connectivity index (χ0) is 14.4. The van der Waals surface area contributed by atoms with Crippen molar-refractivity contribution in [3.8, 4) is 0 Å². The number of carbonyl (C=O) groups is 1. The fraction of sp³-hybridized carbons (Fsp3) is 0.909. The average molecular weight is 271 g/mol. The highest BCUT2D eigenvalue weighted by Crippen LogP contribution is 2.16. The van der Waals surface area contributed by atoms with E-state index >= 15 is 0 Å². The molecule has 0 aliphatic heterocycles. The molecule has 0 saturated heterocycles. The molecule has 18 heavy (non-hydrogen) atoms. The molecule has 0 amide bonds. The maximum Gasteiger partial charge on any atom is 0.411 e. The summed E-state index contributed by atoms with van der Waals surface area (Å²) in [5, 5.41) is 9.03. The molecule has 0 bridgehead atoms. The lowest BCUT2D eigenvalue weighted by Crippen LogP contribution is -2.50. The second kappa shape index (κ2) is 6.94. The van der Waals surface area contributed by atoms with Gasteiger partial charge in [-0.05, 0) is 26.8 Å². The number of hydrogen-bond acceptors (Lipinski definition) is 3. The van der Waals surface area contributed by atoms with Crippen LogP contribution in [0, 0.1) is 0 Å². The first-order valence-electron chi connectivity index (χ1n) is 5.74. The monoisotopic (exact) mass is 271 g/mol. The summed E-state index contributed by atoms with van der Waals surface area (Å²) in [4.78, 5) is 12.7. The van der Waals surface area contributed by atoms with Gasteiger partial charge in [-0.3, -0.25) is 9.69 Å². The minimum Gasteiger partial charge on any atom is -0.480 e. The molecule has 0 radical (unpaired) electrons. The Morgan fingerprint density at radius 2 is 1.89 bits per heavy atom. The Labute approximate surface area is 105 Å². The number of carboxylic acid groups (broad SMARTS) is 1. The largest absolute Gasteiger partial charge is 0.480 e. The summed E-state index contributed by atoms with van der Waals surface area (Å²) in [5.74, 6) is -0.958. The Kier molecular flexibility index (Phi) is 6.62. The summed E-state index contributed by atoms with van der Waals surface area (Å²) in [7, 11) is 0. The van der Waals surface area contributed by atoms with E-state index in [1.54, 1.807) is 25.7 Å². The second-order valence-electron chi connectivity index (χ2n) is 4.47. The number of hydrogen-bond donors (Lipinski definition) is 1. The van der Waals surface area contributed by atoms with Crippen LogP contribution in [0.4, 0.5) is 13.2 Å². The lowest BCUT2D eigenvalue weighted by Gasteiger charge is -2.34. The molecular formula is C11H20F3NO3. The van der Waals surface area contributed by atoms with E-state index in [9.17, 15) is 18.0 Å². The van der Waals surface area contributed by atoms with E-state index in [-0.39, 0.29) is 6.61 Å². The third-order valence-electron chi connectivity index (χ3n) is 2.68. The number of carboxylic acids is 1. The smallest absolute Gasteiger partial charge is 0.411 e. The number of likely N-dealkylation sites (N-methyl/N-ethyl adjacent to an activating group) is 1. The topological polar surface area (TPSA) is 49.8 Å². The Morgan fingerprint density at radius 3 is 2.28 bits per heavy atom. The first kappa shape index (κ1) is 17.2. The van der Waals surface area contributed by atoms with Gasteiger partial charge in [0, 0.05) is 13.2 Å². The number of rotatable bonds is 8. The van der Waals surface area contributed by atoms with Crippen LogP contribution < -0.4 is 0 Å². The molecular weight excluding hydrogens is 251 g/mol. The van der Waals surface area contributed by atoms with Crippen molar-refractivity contribution in [3.05, 3.63) is 0 Å². The molecule has 4 nitrogen and oxygen atoms in total. The highest BCUT2D eigenvalue weighted by Gasteiger charge is 2.33. The lowest BCUT2D eigenvalue weighted by molar-refractivity contribution is -0.174. The highest BCUT2D eigenvalue weighted by atomic mass is 19.4. The highest BCUT2D eigenvalue weighted by molar-refractivity contribution is 5.77. The van der Waals surface area contributed by atoms with Crippen molar-refractivity contribution in [1.29, 1.82) is 0 Å². The van der Waals surface area contributed by atoms with Gasteiger partial charge >= 0.3 is 12.1 Å².